The van der Waals surface area contributed by atoms with Crippen molar-refractivity contribution >= 4 is 11.6 Å². The third kappa shape index (κ3) is 3.36. The van der Waals surface area contributed by atoms with Gasteiger partial charge in [-0.2, -0.15) is 23.3 Å². The number of rotatable bonds is 4. The Morgan fingerprint density at radius 2 is 1.96 bits per heavy atom. The minimum atomic E-state index is -5.06. The fourth-order valence-corrected chi connectivity index (χ4v) is 2.29. The molecule has 1 aliphatic rings. The van der Waals surface area contributed by atoms with Gasteiger partial charge >= 0.3 is 6.18 Å². The van der Waals surface area contributed by atoms with E-state index in [0.717, 1.165) is 30.7 Å². The summed E-state index contributed by atoms with van der Waals surface area (Å²) < 4.78 is 52.6. The number of hydrogen-bond acceptors (Lipinski definition) is 3. The monoisotopic (exact) mass is 332 g/mol. The first-order valence-corrected chi connectivity index (χ1v) is 7.14. The SMILES string of the molecule is CCCCC1=NN(C(=O)c2ccc(F)cc2)[C@@](O)(C(F)(F)F)C1. The highest BCUT2D eigenvalue weighted by Crippen LogP contribution is 2.41. The second-order valence-corrected chi connectivity index (χ2v) is 5.38. The molecule has 0 aliphatic carbocycles. The molecule has 8 heteroatoms. The summed E-state index contributed by atoms with van der Waals surface area (Å²) in [5, 5.41) is 13.8. The number of alkyl halides is 3. The molecule has 4 nitrogen and oxygen atoms in total. The summed E-state index contributed by atoms with van der Waals surface area (Å²) in [6, 6.07) is 4.01. The summed E-state index contributed by atoms with van der Waals surface area (Å²) in [6.07, 6.45) is -4.22. The Morgan fingerprint density at radius 3 is 2.48 bits per heavy atom. The summed E-state index contributed by atoms with van der Waals surface area (Å²) in [7, 11) is 0. The molecule has 0 aromatic heterocycles. The van der Waals surface area contributed by atoms with Gasteiger partial charge in [0.2, 0.25) is 0 Å². The lowest BCUT2D eigenvalue weighted by Crippen LogP contribution is -2.56. The molecule has 126 valence electrons. The van der Waals surface area contributed by atoms with Crippen LogP contribution in [0.3, 0.4) is 0 Å². The zero-order valence-electron chi connectivity index (χ0n) is 12.4. The predicted molar refractivity (Wildman–Crippen MR) is 75.2 cm³/mol. The second kappa shape index (κ2) is 6.27. The van der Waals surface area contributed by atoms with E-state index in [0.29, 0.717) is 6.42 Å². The van der Waals surface area contributed by atoms with Crippen molar-refractivity contribution in [2.24, 2.45) is 5.10 Å². The van der Waals surface area contributed by atoms with Crippen molar-refractivity contribution in [1.29, 1.82) is 0 Å². The topological polar surface area (TPSA) is 52.9 Å². The van der Waals surface area contributed by atoms with Gasteiger partial charge in [-0.3, -0.25) is 4.79 Å². The van der Waals surface area contributed by atoms with Crippen molar-refractivity contribution in [3.05, 3.63) is 35.6 Å². The van der Waals surface area contributed by atoms with E-state index in [4.69, 9.17) is 0 Å². The molecule has 0 spiro atoms. The van der Waals surface area contributed by atoms with Crippen LogP contribution in [0.4, 0.5) is 17.6 Å². The van der Waals surface area contributed by atoms with Crippen molar-refractivity contribution in [3.63, 3.8) is 0 Å². The van der Waals surface area contributed by atoms with Crippen LogP contribution < -0.4 is 0 Å². The average Bonchev–Trinajstić information content (AvgIpc) is 2.83. The number of benzene rings is 1. The van der Waals surface area contributed by atoms with Crippen LogP contribution in [0.1, 0.15) is 43.0 Å². The van der Waals surface area contributed by atoms with Crippen LogP contribution in [0.2, 0.25) is 0 Å². The Kier molecular flexibility index (Phi) is 4.74. The number of unbranched alkanes of at least 4 members (excludes halogenated alkanes) is 1. The van der Waals surface area contributed by atoms with Crippen LogP contribution >= 0.6 is 0 Å². The van der Waals surface area contributed by atoms with Crippen LogP contribution in [-0.2, 0) is 0 Å². The van der Waals surface area contributed by atoms with Crippen molar-refractivity contribution < 1.29 is 27.5 Å². The second-order valence-electron chi connectivity index (χ2n) is 5.38. The highest BCUT2D eigenvalue weighted by atomic mass is 19.4. The number of amides is 1. The molecule has 2 rings (SSSR count). The zero-order chi connectivity index (χ0) is 17.3. The van der Waals surface area contributed by atoms with E-state index in [1.165, 1.54) is 0 Å². The Hall–Kier alpha value is -1.96. The van der Waals surface area contributed by atoms with E-state index in [-0.39, 0.29) is 22.7 Å². The van der Waals surface area contributed by atoms with Gasteiger partial charge in [0.15, 0.2) is 0 Å². The number of carbonyl (C=O) groups excluding carboxylic acids is 1. The van der Waals surface area contributed by atoms with E-state index < -0.39 is 30.0 Å². The molecule has 1 aromatic rings. The molecule has 1 N–H and O–H groups in total. The number of hydrogen-bond donors (Lipinski definition) is 1. The molecule has 0 bridgehead atoms. The summed E-state index contributed by atoms with van der Waals surface area (Å²) in [6.45, 7) is 1.87. The fourth-order valence-electron chi connectivity index (χ4n) is 2.29. The van der Waals surface area contributed by atoms with Gasteiger partial charge in [0.25, 0.3) is 11.6 Å². The normalized spacial score (nSPS) is 21.5. The molecular weight excluding hydrogens is 316 g/mol. The molecule has 1 amide bonds. The lowest BCUT2D eigenvalue weighted by molar-refractivity contribution is -0.297. The molecule has 1 aliphatic heterocycles. The van der Waals surface area contributed by atoms with E-state index in [9.17, 15) is 27.5 Å². The minimum absolute atomic E-state index is 0.0607. The summed E-state index contributed by atoms with van der Waals surface area (Å²) in [5.41, 5.74) is -3.45. The maximum atomic E-state index is 13.3. The Bertz CT molecular complexity index is 613. The van der Waals surface area contributed by atoms with Crippen molar-refractivity contribution in [1.82, 2.24) is 5.01 Å². The number of carbonyl (C=O) groups is 1. The van der Waals surface area contributed by atoms with Gasteiger partial charge in [0.05, 0.1) is 0 Å². The number of aliphatic hydroxyl groups is 1. The van der Waals surface area contributed by atoms with Gasteiger partial charge < -0.3 is 5.11 Å². The number of hydrazone groups is 1. The van der Waals surface area contributed by atoms with E-state index in [1.807, 2.05) is 6.92 Å². The molecule has 1 heterocycles. The fraction of sp³-hybridized carbons (Fsp3) is 0.467. The lowest BCUT2D eigenvalue weighted by Gasteiger charge is -2.32. The molecule has 1 atom stereocenters. The van der Waals surface area contributed by atoms with Crippen LogP contribution in [0.5, 0.6) is 0 Å². The standard InChI is InChI=1S/C15H16F4N2O2/c1-2-3-4-12-9-14(23,15(17,18)19)21(20-12)13(22)10-5-7-11(16)8-6-10/h5-8,23H,2-4,9H2,1H3/t14-/m0/s1. The van der Waals surface area contributed by atoms with E-state index >= 15 is 0 Å². The van der Waals surface area contributed by atoms with Gasteiger partial charge in [0.1, 0.15) is 5.82 Å². The smallest absolute Gasteiger partial charge is 0.362 e. The summed E-state index contributed by atoms with van der Waals surface area (Å²) >= 11 is 0. The Labute approximate surface area is 130 Å². The van der Waals surface area contributed by atoms with Crippen LogP contribution in [0.15, 0.2) is 29.4 Å². The van der Waals surface area contributed by atoms with Crippen LogP contribution in [0, 0.1) is 5.82 Å². The largest absolute Gasteiger partial charge is 0.438 e. The molecule has 1 aromatic carbocycles. The third-order valence-corrected chi connectivity index (χ3v) is 3.60. The molecule has 0 fully saturated rings. The maximum absolute atomic E-state index is 13.3. The van der Waals surface area contributed by atoms with E-state index in [2.05, 4.69) is 5.10 Å². The van der Waals surface area contributed by atoms with Crippen LogP contribution in [-0.4, -0.2) is 33.6 Å². The van der Waals surface area contributed by atoms with Crippen LogP contribution in [0.25, 0.3) is 0 Å². The quantitative estimate of drug-likeness (QED) is 0.859. The van der Waals surface area contributed by atoms with Gasteiger partial charge in [-0.15, -0.1) is 0 Å². The Morgan fingerprint density at radius 1 is 1.35 bits per heavy atom. The molecular formula is C15H16F4N2O2. The van der Waals surface area contributed by atoms with Gasteiger partial charge in [-0.05, 0) is 37.1 Å². The van der Waals surface area contributed by atoms with Gasteiger partial charge in [0, 0.05) is 17.7 Å². The van der Waals surface area contributed by atoms with Crippen molar-refractivity contribution in [2.75, 3.05) is 0 Å². The molecule has 0 unspecified atom stereocenters. The molecule has 0 radical (unpaired) electrons. The molecule has 23 heavy (non-hydrogen) atoms. The zero-order valence-corrected chi connectivity index (χ0v) is 12.4. The first kappa shape index (κ1) is 17.4. The third-order valence-electron chi connectivity index (χ3n) is 3.60. The lowest BCUT2D eigenvalue weighted by atomic mass is 10.0. The highest BCUT2D eigenvalue weighted by molar-refractivity contribution is 5.98. The molecule has 0 saturated heterocycles. The summed E-state index contributed by atoms with van der Waals surface area (Å²) in [4.78, 5) is 12.3. The predicted octanol–water partition coefficient (Wildman–Crippen LogP) is 3.47. The Balaban J connectivity index is 2.35. The maximum Gasteiger partial charge on any atom is 0.438 e. The number of nitrogens with zero attached hydrogens (tertiary/aromatic N) is 2. The first-order valence-electron chi connectivity index (χ1n) is 7.14. The number of halogens is 4. The van der Waals surface area contributed by atoms with Crippen molar-refractivity contribution in [3.8, 4) is 0 Å². The average molecular weight is 332 g/mol. The molecule has 0 saturated carbocycles. The highest BCUT2D eigenvalue weighted by Gasteiger charge is 2.63. The van der Waals surface area contributed by atoms with Gasteiger partial charge in [-0.25, -0.2) is 4.39 Å². The van der Waals surface area contributed by atoms with E-state index in [1.54, 1.807) is 0 Å². The van der Waals surface area contributed by atoms with Gasteiger partial charge in [-0.1, -0.05) is 13.3 Å². The minimum Gasteiger partial charge on any atom is -0.362 e. The summed E-state index contributed by atoms with van der Waals surface area (Å²) in [5.74, 6) is -1.75. The van der Waals surface area contributed by atoms with Crippen molar-refractivity contribution in [2.45, 2.75) is 44.5 Å². The first-order chi connectivity index (χ1) is 10.7.